The predicted octanol–water partition coefficient (Wildman–Crippen LogP) is 5.60. The molecule has 0 saturated carbocycles. The normalized spacial score (nSPS) is 13.2. The Morgan fingerprint density at radius 3 is 2.45 bits per heavy atom. The van der Waals surface area contributed by atoms with E-state index in [2.05, 4.69) is 39.7 Å². The maximum atomic E-state index is 12.6. The summed E-state index contributed by atoms with van der Waals surface area (Å²) in [6.07, 6.45) is 2.66. The van der Waals surface area contributed by atoms with E-state index in [-0.39, 0.29) is 5.91 Å². The van der Waals surface area contributed by atoms with E-state index in [4.69, 9.17) is 9.47 Å². The first-order valence-electron chi connectivity index (χ1n) is 12.7. The van der Waals surface area contributed by atoms with Crippen LogP contribution >= 0.6 is 0 Å². The van der Waals surface area contributed by atoms with Crippen LogP contribution in [0.25, 0.3) is 0 Å². The van der Waals surface area contributed by atoms with E-state index >= 15 is 0 Å². The van der Waals surface area contributed by atoms with Gasteiger partial charge in [-0.05, 0) is 64.6 Å². The van der Waals surface area contributed by atoms with Crippen molar-refractivity contribution in [3.05, 3.63) is 130 Å². The first-order valence-corrected chi connectivity index (χ1v) is 12.7. The summed E-state index contributed by atoms with van der Waals surface area (Å²) >= 11 is 0. The summed E-state index contributed by atoms with van der Waals surface area (Å²) in [4.78, 5) is 15.0. The van der Waals surface area contributed by atoms with Crippen LogP contribution in [0.2, 0.25) is 0 Å². The third-order valence-corrected chi connectivity index (χ3v) is 6.64. The molecule has 0 aromatic heterocycles. The molecule has 4 aromatic rings. The third kappa shape index (κ3) is 6.47. The van der Waals surface area contributed by atoms with Gasteiger partial charge in [-0.1, -0.05) is 66.7 Å². The fourth-order valence-electron chi connectivity index (χ4n) is 4.56. The molecule has 0 unspecified atom stereocenters. The average Bonchev–Trinajstić information content (AvgIpc) is 2.97. The van der Waals surface area contributed by atoms with E-state index in [1.54, 1.807) is 13.3 Å². The minimum Gasteiger partial charge on any atom is -0.493 e. The lowest BCUT2D eigenvalue weighted by Crippen LogP contribution is -2.30. The molecule has 1 amide bonds. The number of amides is 1. The van der Waals surface area contributed by atoms with Gasteiger partial charge in [-0.3, -0.25) is 9.69 Å². The van der Waals surface area contributed by atoms with E-state index in [1.807, 2.05) is 72.8 Å². The standard InChI is InChI=1S/C32H31N3O3/c1-37-31-19-26(13-16-30(31)38-23-25-7-3-2-4-8-25)20-33-34-32(36)28-14-11-24(12-15-28)21-35-18-17-27-9-5-6-10-29(27)22-35/h2-16,19-20H,17-18,21-23H2,1H3,(H,34,36)/b33-20-. The zero-order valence-electron chi connectivity index (χ0n) is 21.5. The number of methoxy groups -OCH3 is 1. The van der Waals surface area contributed by atoms with Crippen molar-refractivity contribution >= 4 is 12.1 Å². The Morgan fingerprint density at radius 2 is 1.66 bits per heavy atom. The number of benzene rings is 4. The zero-order chi connectivity index (χ0) is 26.2. The van der Waals surface area contributed by atoms with Gasteiger partial charge in [0.15, 0.2) is 11.5 Å². The molecule has 4 aromatic carbocycles. The molecule has 1 heterocycles. The number of fused-ring (bicyclic) bond motifs is 1. The molecule has 0 bridgehead atoms. The average molecular weight is 506 g/mol. The Kier molecular flexibility index (Phi) is 8.11. The Morgan fingerprint density at radius 1 is 0.895 bits per heavy atom. The molecular weight excluding hydrogens is 474 g/mol. The summed E-state index contributed by atoms with van der Waals surface area (Å²) in [6, 6.07) is 31.8. The zero-order valence-corrected chi connectivity index (χ0v) is 21.5. The number of hydrazone groups is 1. The molecule has 38 heavy (non-hydrogen) atoms. The molecule has 192 valence electrons. The van der Waals surface area contributed by atoms with Crippen molar-refractivity contribution in [3.8, 4) is 11.5 Å². The second-order valence-corrected chi connectivity index (χ2v) is 9.31. The van der Waals surface area contributed by atoms with Crippen LogP contribution in [-0.2, 0) is 26.1 Å². The van der Waals surface area contributed by atoms with Crippen molar-refractivity contribution < 1.29 is 14.3 Å². The second kappa shape index (κ2) is 12.2. The van der Waals surface area contributed by atoms with E-state index in [9.17, 15) is 4.79 Å². The Balaban J connectivity index is 1.13. The van der Waals surface area contributed by atoms with Crippen LogP contribution in [0.4, 0.5) is 0 Å². The van der Waals surface area contributed by atoms with Crippen molar-refractivity contribution in [2.75, 3.05) is 13.7 Å². The van der Waals surface area contributed by atoms with E-state index in [1.165, 1.54) is 16.7 Å². The van der Waals surface area contributed by atoms with Crippen molar-refractivity contribution in [3.63, 3.8) is 0 Å². The highest BCUT2D eigenvalue weighted by Crippen LogP contribution is 2.28. The lowest BCUT2D eigenvalue weighted by molar-refractivity contribution is 0.0955. The van der Waals surface area contributed by atoms with E-state index in [0.29, 0.717) is 23.7 Å². The van der Waals surface area contributed by atoms with Crippen LogP contribution in [0.5, 0.6) is 11.5 Å². The number of ether oxygens (including phenoxy) is 2. The highest BCUT2D eigenvalue weighted by atomic mass is 16.5. The lowest BCUT2D eigenvalue weighted by atomic mass is 9.99. The topological polar surface area (TPSA) is 63.2 Å². The summed E-state index contributed by atoms with van der Waals surface area (Å²) in [7, 11) is 1.60. The van der Waals surface area contributed by atoms with E-state index < -0.39 is 0 Å². The molecule has 6 heteroatoms. The number of nitrogens with one attached hydrogen (secondary N) is 1. The fraction of sp³-hybridized carbons (Fsp3) is 0.188. The lowest BCUT2D eigenvalue weighted by Gasteiger charge is -2.28. The molecule has 0 spiro atoms. The summed E-state index contributed by atoms with van der Waals surface area (Å²) in [5.74, 6) is 0.991. The number of hydrogen-bond acceptors (Lipinski definition) is 5. The minimum atomic E-state index is -0.255. The summed E-state index contributed by atoms with van der Waals surface area (Å²) in [5, 5.41) is 4.12. The maximum absolute atomic E-state index is 12.6. The second-order valence-electron chi connectivity index (χ2n) is 9.31. The Hall–Kier alpha value is -4.42. The van der Waals surface area contributed by atoms with E-state index in [0.717, 1.165) is 37.2 Å². The van der Waals surface area contributed by atoms with Crippen LogP contribution in [-0.4, -0.2) is 30.7 Å². The molecule has 5 rings (SSSR count). The number of carbonyl (C=O) groups excluding carboxylic acids is 1. The minimum absolute atomic E-state index is 0.255. The van der Waals surface area contributed by atoms with Gasteiger partial charge >= 0.3 is 0 Å². The van der Waals surface area contributed by atoms with Crippen molar-refractivity contribution in [2.45, 2.75) is 26.1 Å². The predicted molar refractivity (Wildman–Crippen MR) is 150 cm³/mol. The van der Waals surface area contributed by atoms with Crippen LogP contribution in [0.3, 0.4) is 0 Å². The summed E-state index contributed by atoms with van der Waals surface area (Å²) in [6.45, 7) is 3.31. The fourth-order valence-corrected chi connectivity index (χ4v) is 4.56. The van der Waals surface area contributed by atoms with Gasteiger partial charge in [0.25, 0.3) is 5.91 Å². The molecular formula is C32H31N3O3. The summed E-state index contributed by atoms with van der Waals surface area (Å²) < 4.78 is 11.4. The third-order valence-electron chi connectivity index (χ3n) is 6.64. The molecule has 0 radical (unpaired) electrons. The number of rotatable bonds is 9. The Bertz CT molecular complexity index is 1400. The van der Waals surface area contributed by atoms with Gasteiger partial charge in [-0.25, -0.2) is 5.43 Å². The monoisotopic (exact) mass is 505 g/mol. The van der Waals surface area contributed by atoms with Crippen LogP contribution in [0.1, 0.15) is 38.2 Å². The quantitative estimate of drug-likeness (QED) is 0.238. The summed E-state index contributed by atoms with van der Waals surface area (Å²) in [5.41, 5.74) is 9.07. The van der Waals surface area contributed by atoms with Gasteiger partial charge in [-0.15, -0.1) is 0 Å². The van der Waals surface area contributed by atoms with Gasteiger partial charge < -0.3 is 9.47 Å². The van der Waals surface area contributed by atoms with Crippen molar-refractivity contribution in [1.29, 1.82) is 0 Å². The molecule has 6 nitrogen and oxygen atoms in total. The molecule has 0 aliphatic carbocycles. The van der Waals surface area contributed by atoms with Gasteiger partial charge in [0.1, 0.15) is 6.61 Å². The molecule has 1 N–H and O–H groups in total. The smallest absolute Gasteiger partial charge is 0.271 e. The molecule has 0 atom stereocenters. The van der Waals surface area contributed by atoms with Gasteiger partial charge in [0, 0.05) is 25.2 Å². The van der Waals surface area contributed by atoms with Gasteiger partial charge in [0.05, 0.1) is 13.3 Å². The molecule has 1 aliphatic rings. The van der Waals surface area contributed by atoms with Gasteiger partial charge in [0.2, 0.25) is 0 Å². The first kappa shape index (κ1) is 25.2. The first-order chi connectivity index (χ1) is 18.7. The maximum Gasteiger partial charge on any atom is 0.271 e. The highest BCUT2D eigenvalue weighted by Gasteiger charge is 2.16. The molecule has 0 saturated heterocycles. The number of carbonyl (C=O) groups is 1. The van der Waals surface area contributed by atoms with Crippen molar-refractivity contribution in [1.82, 2.24) is 10.3 Å². The molecule has 0 fully saturated rings. The largest absolute Gasteiger partial charge is 0.493 e. The Labute approximate surface area is 223 Å². The van der Waals surface area contributed by atoms with Crippen LogP contribution in [0, 0.1) is 0 Å². The van der Waals surface area contributed by atoms with Crippen LogP contribution in [0.15, 0.2) is 102 Å². The SMILES string of the molecule is COc1cc(/C=N\NC(=O)c2ccc(CN3CCc4ccccc4C3)cc2)ccc1OCc1ccccc1. The highest BCUT2D eigenvalue weighted by molar-refractivity contribution is 5.95. The van der Waals surface area contributed by atoms with Gasteiger partial charge in [-0.2, -0.15) is 5.10 Å². The number of nitrogens with zero attached hydrogens (tertiary/aromatic N) is 2. The van der Waals surface area contributed by atoms with Crippen molar-refractivity contribution in [2.24, 2.45) is 5.10 Å². The number of hydrogen-bond donors (Lipinski definition) is 1. The molecule has 1 aliphatic heterocycles. The van der Waals surface area contributed by atoms with Crippen LogP contribution < -0.4 is 14.9 Å².